The summed E-state index contributed by atoms with van der Waals surface area (Å²) >= 11 is 0. The molecule has 0 amide bonds. The van der Waals surface area contributed by atoms with Crippen LogP contribution in [0, 0.1) is 21.6 Å². The molecule has 0 rings (SSSR count). The molecule has 0 N–H and O–H groups in total. The van der Waals surface area contributed by atoms with E-state index in [2.05, 4.69) is 6.92 Å². The molecule has 0 bridgehead atoms. The number of rotatable bonds is 8. The van der Waals surface area contributed by atoms with Gasteiger partial charge in [-0.05, 0) is 11.4 Å². The van der Waals surface area contributed by atoms with Gasteiger partial charge in [0.05, 0.1) is 6.54 Å². The monoisotopic (exact) mass is 199 g/mol. The van der Waals surface area contributed by atoms with E-state index < -0.39 is 5.03 Å². The van der Waals surface area contributed by atoms with Gasteiger partial charge in [-0.15, -0.1) is 0 Å². The van der Waals surface area contributed by atoms with Crippen molar-refractivity contribution in [3.8, 4) is 6.19 Å². The van der Waals surface area contributed by atoms with Crippen molar-refractivity contribution in [1.29, 1.82) is 5.26 Å². The maximum Gasteiger partial charge on any atom is 0.244 e. The highest BCUT2D eigenvalue weighted by atomic mass is 16.7. The van der Waals surface area contributed by atoms with Crippen molar-refractivity contribution < 1.29 is 5.03 Å². The number of unbranched alkanes of at least 4 members (excludes halogenated alkanes) is 5. The van der Waals surface area contributed by atoms with E-state index in [9.17, 15) is 10.1 Å². The summed E-state index contributed by atoms with van der Waals surface area (Å²) in [5.41, 5.74) is 0. The SMILES string of the molecule is CCCCCCCCN(C#N)[N+](=O)[O-]. The first kappa shape index (κ1) is 12.7. The quantitative estimate of drug-likeness (QED) is 0.198. The normalized spacial score (nSPS) is 9.43. The van der Waals surface area contributed by atoms with Gasteiger partial charge in [-0.2, -0.15) is 5.26 Å². The van der Waals surface area contributed by atoms with E-state index in [0.29, 0.717) is 5.01 Å². The second-order valence-electron chi connectivity index (χ2n) is 3.23. The van der Waals surface area contributed by atoms with Crippen LogP contribution in [-0.4, -0.2) is 16.6 Å². The minimum Gasteiger partial charge on any atom is -0.234 e. The highest BCUT2D eigenvalue weighted by Crippen LogP contribution is 2.05. The summed E-state index contributed by atoms with van der Waals surface area (Å²) in [6, 6.07) is 0. The van der Waals surface area contributed by atoms with Crippen LogP contribution in [0.1, 0.15) is 45.4 Å². The molecule has 0 aromatic carbocycles. The average Bonchev–Trinajstić information content (AvgIpc) is 2.16. The van der Waals surface area contributed by atoms with Crippen molar-refractivity contribution in [2.75, 3.05) is 6.54 Å². The summed E-state index contributed by atoms with van der Waals surface area (Å²) in [7, 11) is 0. The number of hydrazine groups is 1. The largest absolute Gasteiger partial charge is 0.244 e. The van der Waals surface area contributed by atoms with Gasteiger partial charge in [-0.1, -0.05) is 39.0 Å². The molecule has 0 heterocycles. The van der Waals surface area contributed by atoms with E-state index in [1.54, 1.807) is 0 Å². The third-order valence-corrected chi connectivity index (χ3v) is 2.04. The van der Waals surface area contributed by atoms with Crippen molar-refractivity contribution in [2.45, 2.75) is 45.4 Å². The van der Waals surface area contributed by atoms with Crippen molar-refractivity contribution in [1.82, 2.24) is 5.01 Å². The van der Waals surface area contributed by atoms with Gasteiger partial charge in [-0.3, -0.25) is 0 Å². The Hall–Kier alpha value is -1.31. The Morgan fingerprint density at radius 2 is 1.86 bits per heavy atom. The second kappa shape index (κ2) is 8.30. The van der Waals surface area contributed by atoms with Gasteiger partial charge in [0.2, 0.25) is 6.19 Å². The van der Waals surface area contributed by atoms with Crippen LogP contribution in [0.25, 0.3) is 0 Å². The molecule has 0 aliphatic carbocycles. The van der Waals surface area contributed by atoms with E-state index in [4.69, 9.17) is 5.26 Å². The average molecular weight is 199 g/mol. The maximum absolute atomic E-state index is 10.2. The molecule has 0 aliphatic heterocycles. The zero-order valence-electron chi connectivity index (χ0n) is 8.61. The van der Waals surface area contributed by atoms with Gasteiger partial charge in [0.25, 0.3) is 0 Å². The number of hydrogen-bond donors (Lipinski definition) is 0. The second-order valence-corrected chi connectivity index (χ2v) is 3.23. The lowest BCUT2D eigenvalue weighted by Crippen LogP contribution is -2.25. The third-order valence-electron chi connectivity index (χ3n) is 2.04. The van der Waals surface area contributed by atoms with E-state index in [-0.39, 0.29) is 6.54 Å². The molecule has 5 heteroatoms. The molecule has 0 aliphatic rings. The van der Waals surface area contributed by atoms with Gasteiger partial charge < -0.3 is 0 Å². The third kappa shape index (κ3) is 6.23. The lowest BCUT2D eigenvalue weighted by atomic mass is 10.1. The van der Waals surface area contributed by atoms with Crippen LogP contribution < -0.4 is 0 Å². The summed E-state index contributed by atoms with van der Waals surface area (Å²) in [5.74, 6) is 0. The van der Waals surface area contributed by atoms with E-state index in [1.165, 1.54) is 25.5 Å². The summed E-state index contributed by atoms with van der Waals surface area (Å²) in [5, 5.41) is 18.5. The standard InChI is InChI=1S/C9H17N3O2/c1-2-3-4-5-6-7-8-11(9-10)12(13)14/h2-8H2,1H3. The van der Waals surface area contributed by atoms with Gasteiger partial charge >= 0.3 is 0 Å². The van der Waals surface area contributed by atoms with E-state index in [1.807, 2.05) is 0 Å². The fourth-order valence-corrected chi connectivity index (χ4v) is 1.21. The van der Waals surface area contributed by atoms with Gasteiger partial charge in [0.1, 0.15) is 0 Å². The molecule has 0 fully saturated rings. The maximum atomic E-state index is 10.2. The Kier molecular flexibility index (Phi) is 7.52. The molecule has 0 atom stereocenters. The first-order valence-electron chi connectivity index (χ1n) is 5.04. The number of nitriles is 1. The van der Waals surface area contributed by atoms with Crippen LogP contribution in [0.2, 0.25) is 0 Å². The lowest BCUT2D eigenvalue weighted by molar-refractivity contribution is -0.635. The van der Waals surface area contributed by atoms with Crippen LogP contribution in [0.3, 0.4) is 0 Å². The Labute approximate surface area is 84.4 Å². The number of nitrogens with zero attached hydrogens (tertiary/aromatic N) is 3. The smallest absolute Gasteiger partial charge is 0.234 e. The fraction of sp³-hybridized carbons (Fsp3) is 0.889. The molecular weight excluding hydrogens is 182 g/mol. The first-order valence-corrected chi connectivity index (χ1v) is 5.04. The summed E-state index contributed by atoms with van der Waals surface area (Å²) in [4.78, 5) is 10.2. The molecule has 14 heavy (non-hydrogen) atoms. The van der Waals surface area contributed by atoms with E-state index >= 15 is 0 Å². The molecule has 0 saturated carbocycles. The zero-order valence-corrected chi connectivity index (χ0v) is 8.61. The predicted molar refractivity (Wildman–Crippen MR) is 52.7 cm³/mol. The van der Waals surface area contributed by atoms with Crippen LogP contribution in [0.4, 0.5) is 0 Å². The minimum absolute atomic E-state index is 0.232. The van der Waals surface area contributed by atoms with Crippen LogP contribution >= 0.6 is 0 Å². The highest BCUT2D eigenvalue weighted by molar-refractivity contribution is 4.63. The predicted octanol–water partition coefficient (Wildman–Crippen LogP) is 2.32. The van der Waals surface area contributed by atoms with Gasteiger partial charge in [0, 0.05) is 0 Å². The molecule has 0 aromatic rings. The Morgan fingerprint density at radius 1 is 1.29 bits per heavy atom. The van der Waals surface area contributed by atoms with E-state index in [0.717, 1.165) is 19.3 Å². The summed E-state index contributed by atoms with van der Waals surface area (Å²) in [6.07, 6.45) is 7.92. The summed E-state index contributed by atoms with van der Waals surface area (Å²) in [6.45, 7) is 2.37. The van der Waals surface area contributed by atoms with Gasteiger partial charge in [-0.25, -0.2) is 10.1 Å². The molecule has 0 radical (unpaired) electrons. The van der Waals surface area contributed by atoms with Crippen LogP contribution in [0.15, 0.2) is 0 Å². The Morgan fingerprint density at radius 3 is 2.36 bits per heavy atom. The van der Waals surface area contributed by atoms with Crippen molar-refractivity contribution >= 4 is 0 Å². The van der Waals surface area contributed by atoms with Crippen molar-refractivity contribution in [3.63, 3.8) is 0 Å². The Bertz CT molecular complexity index is 201. The number of hydrogen-bond acceptors (Lipinski definition) is 3. The Balaban J connectivity index is 3.35. The molecule has 80 valence electrons. The minimum atomic E-state index is -0.661. The van der Waals surface area contributed by atoms with Crippen molar-refractivity contribution in [2.24, 2.45) is 0 Å². The number of nitro groups is 1. The molecule has 5 nitrogen and oxygen atoms in total. The van der Waals surface area contributed by atoms with Crippen molar-refractivity contribution in [3.05, 3.63) is 10.1 Å². The molecule has 0 unspecified atom stereocenters. The molecule has 0 spiro atoms. The lowest BCUT2D eigenvalue weighted by Gasteiger charge is -2.03. The zero-order chi connectivity index (χ0) is 10.8. The summed E-state index contributed by atoms with van der Waals surface area (Å²) < 4.78 is 0. The topological polar surface area (TPSA) is 70.2 Å². The molecular formula is C9H17N3O2. The van der Waals surface area contributed by atoms with Crippen LogP contribution in [0.5, 0.6) is 0 Å². The van der Waals surface area contributed by atoms with Gasteiger partial charge in [0.15, 0.2) is 5.03 Å². The van der Waals surface area contributed by atoms with Crippen LogP contribution in [-0.2, 0) is 0 Å². The fourth-order valence-electron chi connectivity index (χ4n) is 1.21. The molecule has 0 saturated heterocycles. The highest BCUT2D eigenvalue weighted by Gasteiger charge is 2.11. The molecule has 0 aromatic heterocycles. The first-order chi connectivity index (χ1) is 6.72.